The van der Waals surface area contributed by atoms with E-state index in [1.165, 1.54) is 75.3 Å². The zero-order valence-electron chi connectivity index (χ0n) is 17.3. The zero-order valence-corrected chi connectivity index (χ0v) is 18.9. The lowest BCUT2D eigenvalue weighted by Gasteiger charge is -2.25. The fourth-order valence-corrected chi connectivity index (χ4v) is 4.23. The second kappa shape index (κ2) is 15.5. The Morgan fingerprint density at radius 3 is 1.81 bits per heavy atom. The van der Waals surface area contributed by atoms with Gasteiger partial charge in [-0.3, -0.25) is 0 Å². The van der Waals surface area contributed by atoms with E-state index in [1.54, 1.807) is 0 Å². The highest BCUT2D eigenvalue weighted by Gasteiger charge is 2.10. The smallest absolute Gasteiger partial charge is 0.136 e. The van der Waals surface area contributed by atoms with Gasteiger partial charge in [0.15, 0.2) is 0 Å². The first-order valence-corrected chi connectivity index (χ1v) is 12.0. The molecule has 0 unspecified atom stereocenters. The van der Waals surface area contributed by atoms with Crippen molar-refractivity contribution in [2.45, 2.75) is 90.7 Å². The SMILES string of the molecule is CCCCCCCN(CCCCCCC)C(=S)SCc1ccc(C)cc1. The molecule has 0 heterocycles. The first-order chi connectivity index (χ1) is 12.7. The van der Waals surface area contributed by atoms with E-state index in [0.29, 0.717) is 0 Å². The van der Waals surface area contributed by atoms with E-state index in [9.17, 15) is 0 Å². The summed E-state index contributed by atoms with van der Waals surface area (Å²) >= 11 is 7.63. The Hall–Kier alpha value is -0.540. The van der Waals surface area contributed by atoms with Gasteiger partial charge in [0.2, 0.25) is 0 Å². The lowest BCUT2D eigenvalue weighted by Crippen LogP contribution is -2.29. The maximum absolute atomic E-state index is 5.79. The van der Waals surface area contributed by atoms with Crippen LogP contribution in [0, 0.1) is 6.92 Å². The summed E-state index contributed by atoms with van der Waals surface area (Å²) in [6.45, 7) is 8.97. The molecule has 0 atom stereocenters. The van der Waals surface area contributed by atoms with Crippen LogP contribution in [0.5, 0.6) is 0 Å². The predicted molar refractivity (Wildman–Crippen MR) is 124 cm³/mol. The third-order valence-corrected chi connectivity index (χ3v) is 6.40. The van der Waals surface area contributed by atoms with Crippen LogP contribution in [0.3, 0.4) is 0 Å². The van der Waals surface area contributed by atoms with Gasteiger partial charge in [-0.25, -0.2) is 0 Å². The number of benzene rings is 1. The molecule has 0 bridgehead atoms. The summed E-state index contributed by atoms with van der Waals surface area (Å²) in [7, 11) is 0. The van der Waals surface area contributed by atoms with E-state index in [-0.39, 0.29) is 0 Å². The molecule has 0 spiro atoms. The van der Waals surface area contributed by atoms with Crippen molar-refractivity contribution in [2.75, 3.05) is 13.1 Å². The van der Waals surface area contributed by atoms with Gasteiger partial charge in [0, 0.05) is 18.8 Å². The standard InChI is InChI=1S/C23H39NS2/c1-4-6-8-10-12-18-24(19-13-11-9-7-5-2)23(25)26-20-22-16-14-21(3)15-17-22/h14-17H,4-13,18-20H2,1-3H3. The summed E-state index contributed by atoms with van der Waals surface area (Å²) in [4.78, 5) is 2.48. The van der Waals surface area contributed by atoms with E-state index in [2.05, 4.69) is 49.9 Å². The molecule has 0 aliphatic heterocycles. The summed E-state index contributed by atoms with van der Waals surface area (Å²) in [5.41, 5.74) is 2.69. The Labute approximate surface area is 172 Å². The average Bonchev–Trinajstić information content (AvgIpc) is 2.65. The second-order valence-electron chi connectivity index (χ2n) is 7.36. The van der Waals surface area contributed by atoms with E-state index in [0.717, 1.165) is 23.2 Å². The highest BCUT2D eigenvalue weighted by atomic mass is 32.2. The molecule has 0 amide bonds. The van der Waals surface area contributed by atoms with E-state index >= 15 is 0 Å². The third kappa shape index (κ3) is 11.2. The van der Waals surface area contributed by atoms with Crippen LogP contribution in [0.4, 0.5) is 0 Å². The molecular weight excluding hydrogens is 354 g/mol. The van der Waals surface area contributed by atoms with Crippen LogP contribution in [0.15, 0.2) is 24.3 Å². The van der Waals surface area contributed by atoms with Gasteiger partial charge < -0.3 is 4.90 Å². The van der Waals surface area contributed by atoms with E-state index in [4.69, 9.17) is 12.2 Å². The minimum absolute atomic E-state index is 0.987. The molecule has 26 heavy (non-hydrogen) atoms. The third-order valence-electron chi connectivity index (χ3n) is 4.80. The summed E-state index contributed by atoms with van der Waals surface area (Å²) in [5, 5.41) is 0. The number of hydrogen-bond donors (Lipinski definition) is 0. The number of hydrogen-bond acceptors (Lipinski definition) is 2. The largest absolute Gasteiger partial charge is 0.358 e. The van der Waals surface area contributed by atoms with Crippen molar-refractivity contribution in [3.05, 3.63) is 35.4 Å². The van der Waals surface area contributed by atoms with Crippen LogP contribution in [0.25, 0.3) is 0 Å². The van der Waals surface area contributed by atoms with Crippen LogP contribution < -0.4 is 0 Å². The van der Waals surface area contributed by atoms with Gasteiger partial charge in [0.25, 0.3) is 0 Å². The van der Waals surface area contributed by atoms with Crippen LogP contribution in [0.1, 0.15) is 89.2 Å². The fraction of sp³-hybridized carbons (Fsp3) is 0.696. The summed E-state index contributed by atoms with van der Waals surface area (Å²) in [6.07, 6.45) is 13.3. The number of thiocarbonyl (C=S) groups is 1. The van der Waals surface area contributed by atoms with Crippen molar-refractivity contribution in [3.8, 4) is 0 Å². The first-order valence-electron chi connectivity index (χ1n) is 10.6. The Bertz CT molecular complexity index is 456. The minimum atomic E-state index is 0.987. The van der Waals surface area contributed by atoms with Crippen molar-refractivity contribution >= 4 is 28.3 Å². The molecule has 0 fully saturated rings. The molecule has 3 heteroatoms. The first kappa shape index (κ1) is 23.5. The predicted octanol–water partition coefficient (Wildman–Crippen LogP) is 7.76. The molecule has 1 aromatic carbocycles. The van der Waals surface area contributed by atoms with Crippen molar-refractivity contribution in [3.63, 3.8) is 0 Å². The molecule has 0 saturated carbocycles. The number of thioether (sulfide) groups is 1. The number of unbranched alkanes of at least 4 members (excludes halogenated alkanes) is 8. The molecule has 0 saturated heterocycles. The van der Waals surface area contributed by atoms with Gasteiger partial charge in [-0.1, -0.05) is 119 Å². The Kier molecular flexibility index (Phi) is 14.0. The molecule has 1 aromatic rings. The van der Waals surface area contributed by atoms with Gasteiger partial charge >= 0.3 is 0 Å². The van der Waals surface area contributed by atoms with Gasteiger partial charge in [-0.05, 0) is 25.3 Å². The molecule has 148 valence electrons. The van der Waals surface area contributed by atoms with E-state index in [1.807, 2.05) is 11.8 Å². The van der Waals surface area contributed by atoms with Crippen LogP contribution in [0.2, 0.25) is 0 Å². The van der Waals surface area contributed by atoms with E-state index < -0.39 is 0 Å². The van der Waals surface area contributed by atoms with Crippen LogP contribution in [-0.4, -0.2) is 22.3 Å². The van der Waals surface area contributed by atoms with Gasteiger partial charge in [-0.15, -0.1) is 0 Å². The summed E-state index contributed by atoms with van der Waals surface area (Å²) in [5.74, 6) is 0.987. The van der Waals surface area contributed by atoms with Gasteiger partial charge in [-0.2, -0.15) is 0 Å². The second-order valence-corrected chi connectivity index (χ2v) is 8.96. The summed E-state index contributed by atoms with van der Waals surface area (Å²) < 4.78 is 1.09. The van der Waals surface area contributed by atoms with Gasteiger partial charge in [0.05, 0.1) is 0 Å². The number of nitrogens with zero attached hydrogens (tertiary/aromatic N) is 1. The summed E-state index contributed by atoms with van der Waals surface area (Å²) in [6, 6.07) is 8.84. The normalized spacial score (nSPS) is 10.9. The number of aryl methyl sites for hydroxylation is 1. The molecule has 1 nitrogen and oxygen atoms in total. The maximum atomic E-state index is 5.79. The Balaban J connectivity index is 2.40. The fourth-order valence-electron chi connectivity index (χ4n) is 3.03. The molecular formula is C23H39NS2. The lowest BCUT2D eigenvalue weighted by molar-refractivity contribution is 0.396. The zero-order chi connectivity index (χ0) is 19.0. The minimum Gasteiger partial charge on any atom is -0.358 e. The maximum Gasteiger partial charge on any atom is 0.136 e. The van der Waals surface area contributed by atoms with Gasteiger partial charge in [0.1, 0.15) is 4.32 Å². The van der Waals surface area contributed by atoms with Crippen LogP contribution >= 0.6 is 24.0 Å². The topological polar surface area (TPSA) is 3.24 Å². The molecule has 0 aromatic heterocycles. The molecule has 0 radical (unpaired) electrons. The number of rotatable bonds is 14. The molecule has 0 aliphatic carbocycles. The van der Waals surface area contributed by atoms with Crippen molar-refractivity contribution in [1.82, 2.24) is 4.90 Å². The molecule has 0 aliphatic rings. The molecule has 0 N–H and O–H groups in total. The highest BCUT2D eigenvalue weighted by molar-refractivity contribution is 8.22. The average molecular weight is 394 g/mol. The van der Waals surface area contributed by atoms with Crippen molar-refractivity contribution in [1.29, 1.82) is 0 Å². The lowest BCUT2D eigenvalue weighted by atomic mass is 10.1. The van der Waals surface area contributed by atoms with Crippen molar-refractivity contribution in [2.24, 2.45) is 0 Å². The monoisotopic (exact) mass is 393 g/mol. The quantitative estimate of drug-likeness (QED) is 0.235. The van der Waals surface area contributed by atoms with Crippen molar-refractivity contribution < 1.29 is 0 Å². The Morgan fingerprint density at radius 1 is 0.808 bits per heavy atom. The Morgan fingerprint density at radius 2 is 1.31 bits per heavy atom. The molecule has 1 rings (SSSR count). The highest BCUT2D eigenvalue weighted by Crippen LogP contribution is 2.19. The van der Waals surface area contributed by atoms with Crippen LogP contribution in [-0.2, 0) is 5.75 Å².